The molecule has 0 aromatic rings. The largest absolute Gasteiger partial charge is 0.393 e. The van der Waals surface area contributed by atoms with Crippen LogP contribution in [0.5, 0.6) is 0 Å². The molecule has 0 radical (unpaired) electrons. The summed E-state index contributed by atoms with van der Waals surface area (Å²) in [7, 11) is 0. The Morgan fingerprint density at radius 1 is 1.36 bits per heavy atom. The predicted octanol–water partition coefficient (Wildman–Crippen LogP) is -2.49. The number of hydrogen-bond donors (Lipinski definition) is 5. The van der Waals surface area contributed by atoms with Crippen molar-refractivity contribution < 1.29 is 20.4 Å². The standard InChI is InChI=1S/C6H13NO4/c7-4-1-2-6(10,11)5(4,9)3-8/h4,8-11H,1-3,7H2. The van der Waals surface area contributed by atoms with Gasteiger partial charge in [-0.05, 0) is 6.42 Å². The van der Waals surface area contributed by atoms with Crippen LogP contribution in [0, 0.1) is 0 Å². The van der Waals surface area contributed by atoms with Gasteiger partial charge in [-0.25, -0.2) is 0 Å². The van der Waals surface area contributed by atoms with Crippen molar-refractivity contribution in [3.63, 3.8) is 0 Å². The van der Waals surface area contributed by atoms with Crippen LogP contribution in [-0.4, -0.2) is 44.5 Å². The summed E-state index contributed by atoms with van der Waals surface area (Å²) in [5.41, 5.74) is 3.40. The minimum absolute atomic E-state index is 0.00870. The van der Waals surface area contributed by atoms with Gasteiger partial charge in [0.1, 0.15) is 0 Å². The van der Waals surface area contributed by atoms with E-state index < -0.39 is 24.0 Å². The Morgan fingerprint density at radius 2 is 1.91 bits per heavy atom. The Balaban J connectivity index is 2.88. The lowest BCUT2D eigenvalue weighted by atomic mass is 9.94. The van der Waals surface area contributed by atoms with Gasteiger partial charge in [-0.15, -0.1) is 0 Å². The molecule has 2 unspecified atom stereocenters. The van der Waals surface area contributed by atoms with Crippen molar-refractivity contribution in [2.24, 2.45) is 5.73 Å². The normalized spacial score (nSPS) is 42.8. The van der Waals surface area contributed by atoms with Gasteiger partial charge in [0.25, 0.3) is 0 Å². The quantitative estimate of drug-likeness (QED) is 0.275. The third kappa shape index (κ3) is 1.05. The van der Waals surface area contributed by atoms with Crippen LogP contribution in [0.15, 0.2) is 0 Å². The van der Waals surface area contributed by atoms with E-state index in [2.05, 4.69) is 0 Å². The minimum Gasteiger partial charge on any atom is -0.393 e. The van der Waals surface area contributed by atoms with Crippen molar-refractivity contribution >= 4 is 0 Å². The zero-order valence-electron chi connectivity index (χ0n) is 6.06. The van der Waals surface area contributed by atoms with Gasteiger partial charge in [0.2, 0.25) is 0 Å². The zero-order chi connectivity index (χ0) is 8.70. The molecular formula is C6H13NO4. The van der Waals surface area contributed by atoms with Crippen LogP contribution in [0.4, 0.5) is 0 Å². The molecule has 1 saturated carbocycles. The van der Waals surface area contributed by atoms with E-state index in [9.17, 15) is 5.11 Å². The molecule has 1 fully saturated rings. The fraction of sp³-hybridized carbons (Fsp3) is 1.00. The molecule has 0 aromatic carbocycles. The lowest BCUT2D eigenvalue weighted by molar-refractivity contribution is -0.269. The number of nitrogens with two attached hydrogens (primary N) is 1. The lowest BCUT2D eigenvalue weighted by Crippen LogP contribution is -2.60. The van der Waals surface area contributed by atoms with Gasteiger partial charge in [0, 0.05) is 12.5 Å². The molecule has 2 atom stereocenters. The molecule has 0 heterocycles. The molecule has 0 bridgehead atoms. The molecule has 6 N–H and O–H groups in total. The summed E-state index contributed by atoms with van der Waals surface area (Å²) in [4.78, 5) is 0. The van der Waals surface area contributed by atoms with E-state index in [-0.39, 0.29) is 6.42 Å². The van der Waals surface area contributed by atoms with E-state index >= 15 is 0 Å². The Labute approximate surface area is 64.1 Å². The number of aliphatic hydroxyl groups excluding tert-OH is 1. The summed E-state index contributed by atoms with van der Waals surface area (Å²) in [6.07, 6.45) is 0.287. The molecule has 5 nitrogen and oxygen atoms in total. The minimum atomic E-state index is -2.25. The molecule has 1 rings (SSSR count). The Morgan fingerprint density at radius 3 is 2.09 bits per heavy atom. The van der Waals surface area contributed by atoms with Crippen molar-refractivity contribution in [2.75, 3.05) is 6.61 Å². The zero-order valence-corrected chi connectivity index (χ0v) is 6.06. The van der Waals surface area contributed by atoms with Gasteiger partial charge >= 0.3 is 0 Å². The van der Waals surface area contributed by atoms with E-state index in [1.54, 1.807) is 0 Å². The molecule has 0 aromatic heterocycles. The molecule has 1 aliphatic carbocycles. The third-order valence-electron chi connectivity index (χ3n) is 2.35. The molecule has 1 aliphatic rings. The first-order valence-electron chi connectivity index (χ1n) is 3.47. The van der Waals surface area contributed by atoms with Crippen LogP contribution in [0.1, 0.15) is 12.8 Å². The molecular weight excluding hydrogens is 150 g/mol. The summed E-state index contributed by atoms with van der Waals surface area (Å²) in [5, 5.41) is 36.4. The maximum atomic E-state index is 9.42. The van der Waals surface area contributed by atoms with Crippen LogP contribution in [0.25, 0.3) is 0 Å². The van der Waals surface area contributed by atoms with E-state index in [0.29, 0.717) is 6.42 Å². The second-order valence-electron chi connectivity index (χ2n) is 3.04. The Hall–Kier alpha value is -0.200. The Kier molecular flexibility index (Phi) is 1.94. The van der Waals surface area contributed by atoms with E-state index in [1.165, 1.54) is 0 Å². The van der Waals surface area contributed by atoms with E-state index in [1.807, 2.05) is 0 Å². The monoisotopic (exact) mass is 163 g/mol. The van der Waals surface area contributed by atoms with Crippen LogP contribution in [0.2, 0.25) is 0 Å². The topological polar surface area (TPSA) is 107 Å². The highest BCUT2D eigenvalue weighted by Gasteiger charge is 2.57. The van der Waals surface area contributed by atoms with Crippen LogP contribution in [-0.2, 0) is 0 Å². The molecule has 66 valence electrons. The van der Waals surface area contributed by atoms with Crippen LogP contribution in [0.3, 0.4) is 0 Å². The summed E-state index contributed by atoms with van der Waals surface area (Å²) in [6, 6.07) is -0.775. The first-order chi connectivity index (χ1) is 4.94. The average Bonchev–Trinajstić information content (AvgIpc) is 2.15. The smallest absolute Gasteiger partial charge is 0.196 e. The van der Waals surface area contributed by atoms with E-state index in [4.69, 9.17) is 21.1 Å². The SMILES string of the molecule is NC1CCC(O)(O)C1(O)CO. The van der Waals surface area contributed by atoms with Gasteiger partial charge in [-0.2, -0.15) is 0 Å². The van der Waals surface area contributed by atoms with Crippen molar-refractivity contribution in [2.45, 2.75) is 30.3 Å². The molecule has 11 heavy (non-hydrogen) atoms. The highest BCUT2D eigenvalue weighted by atomic mass is 16.5. The van der Waals surface area contributed by atoms with Crippen LogP contribution >= 0.6 is 0 Å². The highest BCUT2D eigenvalue weighted by molar-refractivity contribution is 5.05. The van der Waals surface area contributed by atoms with Gasteiger partial charge in [0.05, 0.1) is 6.61 Å². The molecule has 0 aliphatic heterocycles. The third-order valence-corrected chi connectivity index (χ3v) is 2.35. The summed E-state index contributed by atoms with van der Waals surface area (Å²) in [6.45, 7) is -0.735. The first-order valence-corrected chi connectivity index (χ1v) is 3.47. The first kappa shape index (κ1) is 8.89. The lowest BCUT2D eigenvalue weighted by Gasteiger charge is -2.34. The second kappa shape index (κ2) is 2.40. The summed E-state index contributed by atoms with van der Waals surface area (Å²) < 4.78 is 0. The maximum Gasteiger partial charge on any atom is 0.196 e. The number of hydrogen-bond acceptors (Lipinski definition) is 5. The van der Waals surface area contributed by atoms with Crippen molar-refractivity contribution in [3.05, 3.63) is 0 Å². The number of aliphatic hydroxyl groups is 4. The van der Waals surface area contributed by atoms with Gasteiger partial charge < -0.3 is 26.2 Å². The van der Waals surface area contributed by atoms with Crippen molar-refractivity contribution in [3.8, 4) is 0 Å². The second-order valence-corrected chi connectivity index (χ2v) is 3.04. The highest BCUT2D eigenvalue weighted by Crippen LogP contribution is 2.35. The van der Waals surface area contributed by atoms with Crippen LogP contribution < -0.4 is 5.73 Å². The van der Waals surface area contributed by atoms with E-state index in [0.717, 1.165) is 0 Å². The Bertz CT molecular complexity index is 161. The molecule has 0 amide bonds. The van der Waals surface area contributed by atoms with Gasteiger partial charge in [0.15, 0.2) is 11.4 Å². The van der Waals surface area contributed by atoms with Crippen molar-refractivity contribution in [1.82, 2.24) is 0 Å². The number of rotatable bonds is 1. The summed E-state index contributed by atoms with van der Waals surface area (Å²) in [5.74, 6) is -2.25. The van der Waals surface area contributed by atoms with Gasteiger partial charge in [-0.1, -0.05) is 0 Å². The summed E-state index contributed by atoms with van der Waals surface area (Å²) >= 11 is 0. The molecule has 0 spiro atoms. The maximum absolute atomic E-state index is 9.42. The molecule has 0 saturated heterocycles. The molecule has 5 heteroatoms. The van der Waals surface area contributed by atoms with Crippen molar-refractivity contribution in [1.29, 1.82) is 0 Å². The average molecular weight is 163 g/mol. The fourth-order valence-electron chi connectivity index (χ4n) is 1.35. The van der Waals surface area contributed by atoms with Gasteiger partial charge in [-0.3, -0.25) is 0 Å². The fourth-order valence-corrected chi connectivity index (χ4v) is 1.35. The predicted molar refractivity (Wildman–Crippen MR) is 36.4 cm³/mol.